The van der Waals surface area contributed by atoms with Gasteiger partial charge in [-0.1, -0.05) is 0 Å². The van der Waals surface area contributed by atoms with E-state index in [1.807, 2.05) is 0 Å². The molecule has 0 bridgehead atoms. The van der Waals surface area contributed by atoms with E-state index in [0.29, 0.717) is 52.3 Å². The average molecular weight is 300 g/mol. The maximum absolute atomic E-state index is 11.9. The van der Waals surface area contributed by atoms with Crippen molar-refractivity contribution in [1.29, 1.82) is 0 Å². The zero-order valence-electron chi connectivity index (χ0n) is 12.1. The maximum Gasteiger partial charge on any atom is 0.248 e. The Hall–Kier alpha value is -1.51. The van der Waals surface area contributed by atoms with Gasteiger partial charge in [0.05, 0.1) is 31.8 Å². The Balaban J connectivity index is 1.63. The summed E-state index contributed by atoms with van der Waals surface area (Å²) >= 11 is 0. The normalized spacial score (nSPS) is 20.3. The average Bonchev–Trinajstić information content (AvgIpc) is 2.40. The summed E-state index contributed by atoms with van der Waals surface area (Å²) in [7, 11) is 0. The van der Waals surface area contributed by atoms with Gasteiger partial charge in [-0.2, -0.15) is 0 Å². The lowest BCUT2D eigenvalue weighted by atomic mass is 9.73. The standard InChI is InChI=1S/C13H21N3O5/c14-3-4-20-5-6-21-7-11(18)16-8-13(9-16)2-1-10(17)15-12(13)19/h1-9,14H2,(H,15,17,19)/p+1. The van der Waals surface area contributed by atoms with Gasteiger partial charge in [0.1, 0.15) is 6.61 Å². The van der Waals surface area contributed by atoms with Crippen LogP contribution in [0.2, 0.25) is 0 Å². The number of hydrogen-bond donors (Lipinski definition) is 2. The first-order valence-electron chi connectivity index (χ1n) is 7.14. The van der Waals surface area contributed by atoms with Gasteiger partial charge in [0.15, 0.2) is 0 Å². The first kappa shape index (κ1) is 15.9. The Morgan fingerprint density at radius 2 is 1.95 bits per heavy atom. The molecule has 2 saturated heterocycles. The smallest absolute Gasteiger partial charge is 0.248 e. The summed E-state index contributed by atoms with van der Waals surface area (Å²) in [5.41, 5.74) is 3.08. The fraction of sp³-hybridized carbons (Fsp3) is 0.769. The van der Waals surface area contributed by atoms with Crippen LogP contribution in [0.1, 0.15) is 12.8 Å². The SMILES string of the molecule is [NH3+]CCOCCOCC(=O)N1CC2(CCC(=O)NC2=O)C1. The molecule has 2 aliphatic heterocycles. The first-order valence-corrected chi connectivity index (χ1v) is 7.14. The van der Waals surface area contributed by atoms with Crippen molar-refractivity contribution in [2.75, 3.05) is 46.1 Å². The number of nitrogens with zero attached hydrogens (tertiary/aromatic N) is 1. The highest BCUT2D eigenvalue weighted by molar-refractivity contribution is 6.02. The van der Waals surface area contributed by atoms with Crippen LogP contribution < -0.4 is 11.1 Å². The third kappa shape index (κ3) is 3.78. The van der Waals surface area contributed by atoms with Crippen LogP contribution in [0.5, 0.6) is 0 Å². The lowest BCUT2D eigenvalue weighted by Crippen LogP contribution is -2.67. The number of piperidine rings is 1. The van der Waals surface area contributed by atoms with E-state index in [4.69, 9.17) is 9.47 Å². The van der Waals surface area contributed by atoms with Crippen LogP contribution in [0.3, 0.4) is 0 Å². The van der Waals surface area contributed by atoms with Gasteiger partial charge in [-0.25, -0.2) is 0 Å². The van der Waals surface area contributed by atoms with E-state index in [1.54, 1.807) is 4.90 Å². The Morgan fingerprint density at radius 1 is 1.24 bits per heavy atom. The molecule has 0 aromatic heterocycles. The summed E-state index contributed by atoms with van der Waals surface area (Å²) < 4.78 is 10.4. The summed E-state index contributed by atoms with van der Waals surface area (Å²) in [5.74, 6) is -0.631. The molecule has 0 saturated carbocycles. The Bertz CT molecular complexity index is 420. The monoisotopic (exact) mass is 300 g/mol. The number of carbonyl (C=O) groups excluding carboxylic acids is 3. The van der Waals surface area contributed by atoms with Crippen LogP contribution in [-0.4, -0.2) is 68.7 Å². The second-order valence-corrected chi connectivity index (χ2v) is 5.43. The third-order valence-corrected chi connectivity index (χ3v) is 3.79. The van der Waals surface area contributed by atoms with Gasteiger partial charge in [0.25, 0.3) is 0 Å². The summed E-state index contributed by atoms with van der Waals surface area (Å²) in [6, 6.07) is 0. The van der Waals surface area contributed by atoms with Crippen molar-refractivity contribution < 1.29 is 29.6 Å². The molecule has 0 unspecified atom stereocenters. The second-order valence-electron chi connectivity index (χ2n) is 5.43. The molecule has 118 valence electrons. The molecule has 0 aromatic carbocycles. The largest absolute Gasteiger partial charge is 0.373 e. The third-order valence-electron chi connectivity index (χ3n) is 3.79. The van der Waals surface area contributed by atoms with Gasteiger partial charge in [-0.05, 0) is 6.42 Å². The Labute approximate surface area is 122 Å². The Kier molecular flexibility index (Phi) is 5.27. The highest BCUT2D eigenvalue weighted by Gasteiger charge is 2.52. The zero-order valence-corrected chi connectivity index (χ0v) is 12.1. The molecule has 0 aromatic rings. The van der Waals surface area contributed by atoms with E-state index in [9.17, 15) is 14.4 Å². The van der Waals surface area contributed by atoms with Crippen molar-refractivity contribution >= 4 is 17.7 Å². The number of amides is 3. The van der Waals surface area contributed by atoms with E-state index < -0.39 is 5.41 Å². The molecule has 2 rings (SSSR count). The van der Waals surface area contributed by atoms with Crippen molar-refractivity contribution in [3.05, 3.63) is 0 Å². The molecule has 21 heavy (non-hydrogen) atoms. The molecule has 4 N–H and O–H groups in total. The van der Waals surface area contributed by atoms with Crippen LogP contribution in [-0.2, 0) is 23.9 Å². The molecule has 0 radical (unpaired) electrons. The van der Waals surface area contributed by atoms with Gasteiger partial charge in [0, 0.05) is 19.5 Å². The van der Waals surface area contributed by atoms with Crippen LogP contribution in [0.4, 0.5) is 0 Å². The van der Waals surface area contributed by atoms with Crippen LogP contribution in [0.25, 0.3) is 0 Å². The van der Waals surface area contributed by atoms with E-state index in [-0.39, 0.29) is 24.3 Å². The molecule has 1 spiro atoms. The van der Waals surface area contributed by atoms with Crippen LogP contribution in [0.15, 0.2) is 0 Å². The van der Waals surface area contributed by atoms with Crippen LogP contribution in [0, 0.1) is 5.41 Å². The van der Waals surface area contributed by atoms with Crippen molar-refractivity contribution in [3.63, 3.8) is 0 Å². The Morgan fingerprint density at radius 3 is 2.62 bits per heavy atom. The second kappa shape index (κ2) is 6.97. The molecule has 3 amide bonds. The number of imide groups is 1. The number of ether oxygens (including phenoxy) is 2. The van der Waals surface area contributed by atoms with Gasteiger partial charge in [-0.15, -0.1) is 0 Å². The predicted molar refractivity (Wildman–Crippen MR) is 70.8 cm³/mol. The van der Waals surface area contributed by atoms with E-state index in [2.05, 4.69) is 11.1 Å². The number of hydrogen-bond acceptors (Lipinski definition) is 5. The summed E-state index contributed by atoms with van der Waals surface area (Å²) in [6.45, 7) is 2.82. The topological polar surface area (TPSA) is 113 Å². The summed E-state index contributed by atoms with van der Waals surface area (Å²) in [4.78, 5) is 36.4. The number of carbonyl (C=O) groups is 3. The molecule has 8 heteroatoms. The minimum atomic E-state index is -0.569. The van der Waals surface area contributed by atoms with Crippen molar-refractivity contribution in [3.8, 4) is 0 Å². The lowest BCUT2D eigenvalue weighted by molar-refractivity contribution is -0.374. The minimum Gasteiger partial charge on any atom is -0.373 e. The lowest BCUT2D eigenvalue weighted by Gasteiger charge is -2.50. The van der Waals surface area contributed by atoms with Gasteiger partial charge in [-0.3, -0.25) is 19.7 Å². The summed E-state index contributed by atoms with van der Waals surface area (Å²) in [5, 5.41) is 2.33. The quantitative estimate of drug-likeness (QED) is 0.399. The number of quaternary nitrogens is 1. The van der Waals surface area contributed by atoms with Crippen molar-refractivity contribution in [2.45, 2.75) is 12.8 Å². The molecule has 2 heterocycles. The van der Waals surface area contributed by atoms with E-state index in [1.165, 1.54) is 0 Å². The molecule has 0 aliphatic carbocycles. The molecular weight excluding hydrogens is 278 g/mol. The molecule has 0 atom stereocenters. The van der Waals surface area contributed by atoms with Gasteiger partial charge < -0.3 is 20.1 Å². The maximum atomic E-state index is 11.9. The highest BCUT2D eigenvalue weighted by atomic mass is 16.5. The van der Waals surface area contributed by atoms with E-state index in [0.717, 1.165) is 0 Å². The molecule has 8 nitrogen and oxygen atoms in total. The molecule has 2 fully saturated rings. The fourth-order valence-corrected chi connectivity index (χ4v) is 2.52. The minimum absolute atomic E-state index is 0.00956. The van der Waals surface area contributed by atoms with Crippen LogP contribution >= 0.6 is 0 Å². The van der Waals surface area contributed by atoms with Crippen molar-refractivity contribution in [2.24, 2.45) is 5.41 Å². The van der Waals surface area contributed by atoms with Gasteiger partial charge >= 0.3 is 0 Å². The summed E-state index contributed by atoms with van der Waals surface area (Å²) in [6.07, 6.45) is 0.856. The number of nitrogens with one attached hydrogen (secondary N) is 1. The molecule has 2 aliphatic rings. The van der Waals surface area contributed by atoms with Gasteiger partial charge in [0.2, 0.25) is 17.7 Å². The zero-order chi connectivity index (χ0) is 15.3. The van der Waals surface area contributed by atoms with Crippen molar-refractivity contribution in [1.82, 2.24) is 10.2 Å². The predicted octanol–water partition coefficient (Wildman–Crippen LogP) is -2.47. The van der Waals surface area contributed by atoms with E-state index >= 15 is 0 Å². The highest BCUT2D eigenvalue weighted by Crippen LogP contribution is 2.37. The number of likely N-dealkylation sites (tertiary alicyclic amines) is 1. The molecular formula is C13H22N3O5+. The first-order chi connectivity index (χ1) is 10.1. The number of rotatable bonds is 7. The fourth-order valence-electron chi connectivity index (χ4n) is 2.52.